The molecule has 0 spiro atoms. The van der Waals surface area contributed by atoms with Crippen molar-refractivity contribution >= 4 is 5.91 Å². The Labute approximate surface area is 143 Å². The third-order valence-corrected chi connectivity index (χ3v) is 3.77. The molecule has 0 aliphatic rings. The zero-order chi connectivity index (χ0) is 17.4. The molecule has 126 valence electrons. The van der Waals surface area contributed by atoms with Crippen LogP contribution in [0.15, 0.2) is 55.1 Å². The molecule has 0 aliphatic heterocycles. The van der Waals surface area contributed by atoms with Gasteiger partial charge in [0.2, 0.25) is 0 Å². The highest BCUT2D eigenvalue weighted by molar-refractivity contribution is 5.94. The van der Waals surface area contributed by atoms with Gasteiger partial charge in [0.25, 0.3) is 5.91 Å². The fourth-order valence-electron chi connectivity index (χ4n) is 2.45. The third-order valence-electron chi connectivity index (χ3n) is 3.77. The van der Waals surface area contributed by atoms with Crippen molar-refractivity contribution in [2.45, 2.75) is 12.8 Å². The van der Waals surface area contributed by atoms with Gasteiger partial charge >= 0.3 is 0 Å². The Balaban J connectivity index is 1.94. The molecular weight excluding hydrogens is 302 g/mol. The van der Waals surface area contributed by atoms with Crippen molar-refractivity contribution in [3.8, 4) is 11.5 Å². The number of methoxy groups -OCH3 is 2. The van der Waals surface area contributed by atoms with E-state index in [4.69, 9.17) is 9.47 Å². The van der Waals surface area contributed by atoms with Gasteiger partial charge < -0.3 is 14.8 Å². The van der Waals surface area contributed by atoms with Crippen LogP contribution in [-0.2, 0) is 12.8 Å². The summed E-state index contributed by atoms with van der Waals surface area (Å²) in [5.41, 5.74) is 2.73. The van der Waals surface area contributed by atoms with E-state index in [-0.39, 0.29) is 5.91 Å². The minimum absolute atomic E-state index is 0.0866. The molecular formula is C20H23NO3. The molecule has 0 heterocycles. The molecule has 4 heteroatoms. The normalized spacial score (nSPS) is 10.1. The summed E-state index contributed by atoms with van der Waals surface area (Å²) in [4.78, 5) is 12.3. The van der Waals surface area contributed by atoms with Crippen molar-refractivity contribution in [3.63, 3.8) is 0 Å². The van der Waals surface area contributed by atoms with Crippen molar-refractivity contribution in [2.24, 2.45) is 0 Å². The van der Waals surface area contributed by atoms with Crippen LogP contribution in [0.2, 0.25) is 0 Å². The minimum Gasteiger partial charge on any atom is -0.497 e. The number of hydrogen-bond acceptors (Lipinski definition) is 3. The lowest BCUT2D eigenvalue weighted by Gasteiger charge is -2.10. The second-order valence-corrected chi connectivity index (χ2v) is 5.37. The van der Waals surface area contributed by atoms with Crippen LogP contribution in [0.25, 0.3) is 0 Å². The Hall–Kier alpha value is -2.75. The summed E-state index contributed by atoms with van der Waals surface area (Å²) in [5, 5.41) is 2.95. The van der Waals surface area contributed by atoms with Gasteiger partial charge in [0.1, 0.15) is 11.5 Å². The van der Waals surface area contributed by atoms with E-state index in [0.29, 0.717) is 18.5 Å². The first-order valence-electron chi connectivity index (χ1n) is 7.87. The van der Waals surface area contributed by atoms with Crippen LogP contribution in [0, 0.1) is 0 Å². The van der Waals surface area contributed by atoms with E-state index < -0.39 is 0 Å². The minimum atomic E-state index is -0.0866. The predicted octanol–water partition coefficient (Wildman–Crippen LogP) is 3.40. The lowest BCUT2D eigenvalue weighted by Crippen LogP contribution is -2.25. The van der Waals surface area contributed by atoms with Gasteiger partial charge in [-0.3, -0.25) is 4.79 Å². The molecule has 24 heavy (non-hydrogen) atoms. The van der Waals surface area contributed by atoms with Crippen LogP contribution in [-0.4, -0.2) is 26.7 Å². The molecule has 4 nitrogen and oxygen atoms in total. The van der Waals surface area contributed by atoms with Gasteiger partial charge in [-0.05, 0) is 54.3 Å². The molecule has 0 fully saturated rings. The molecule has 0 atom stereocenters. The molecule has 2 aromatic rings. The van der Waals surface area contributed by atoms with Crippen molar-refractivity contribution in [1.29, 1.82) is 0 Å². The standard InChI is InChI=1S/C20H23NO3/c1-4-5-16-14-17(8-11-19(16)24-3)20(22)21-13-12-15-6-9-18(23-2)10-7-15/h4,6-11,14H,1,5,12-13H2,2-3H3,(H,21,22). The molecule has 1 amide bonds. The molecule has 0 unspecified atom stereocenters. The van der Waals surface area contributed by atoms with Gasteiger partial charge in [-0.25, -0.2) is 0 Å². The van der Waals surface area contributed by atoms with Crippen LogP contribution in [0.4, 0.5) is 0 Å². The number of carbonyl (C=O) groups excluding carboxylic acids is 1. The maximum absolute atomic E-state index is 12.3. The highest BCUT2D eigenvalue weighted by Gasteiger charge is 2.09. The molecule has 1 N–H and O–H groups in total. The summed E-state index contributed by atoms with van der Waals surface area (Å²) in [6, 6.07) is 13.3. The Morgan fingerprint density at radius 1 is 1.12 bits per heavy atom. The summed E-state index contributed by atoms with van der Waals surface area (Å²) >= 11 is 0. The fourth-order valence-corrected chi connectivity index (χ4v) is 2.45. The molecule has 0 aliphatic carbocycles. The average molecular weight is 325 g/mol. The number of allylic oxidation sites excluding steroid dienone is 1. The summed E-state index contributed by atoms with van der Waals surface area (Å²) in [5.74, 6) is 1.51. The van der Waals surface area contributed by atoms with E-state index in [1.54, 1.807) is 26.4 Å². The Morgan fingerprint density at radius 3 is 2.50 bits per heavy atom. The van der Waals surface area contributed by atoms with Crippen LogP contribution in [0.5, 0.6) is 11.5 Å². The van der Waals surface area contributed by atoms with Crippen molar-refractivity contribution < 1.29 is 14.3 Å². The number of amides is 1. The number of benzene rings is 2. The van der Waals surface area contributed by atoms with E-state index in [2.05, 4.69) is 11.9 Å². The van der Waals surface area contributed by atoms with E-state index in [1.165, 1.54) is 0 Å². The Kier molecular flexibility index (Phi) is 6.43. The Morgan fingerprint density at radius 2 is 1.88 bits per heavy atom. The summed E-state index contributed by atoms with van der Waals surface area (Å²) in [6.45, 7) is 4.31. The third kappa shape index (κ3) is 4.62. The summed E-state index contributed by atoms with van der Waals surface area (Å²) in [7, 11) is 3.27. The second kappa shape index (κ2) is 8.77. The van der Waals surface area contributed by atoms with E-state index in [9.17, 15) is 4.79 Å². The van der Waals surface area contributed by atoms with Crippen LogP contribution in [0.1, 0.15) is 21.5 Å². The second-order valence-electron chi connectivity index (χ2n) is 5.37. The van der Waals surface area contributed by atoms with Gasteiger partial charge in [-0.2, -0.15) is 0 Å². The number of nitrogens with one attached hydrogen (secondary N) is 1. The lowest BCUT2D eigenvalue weighted by atomic mass is 10.1. The largest absolute Gasteiger partial charge is 0.497 e. The average Bonchev–Trinajstić information content (AvgIpc) is 2.62. The van der Waals surface area contributed by atoms with E-state index in [0.717, 1.165) is 29.0 Å². The van der Waals surface area contributed by atoms with Crippen molar-refractivity contribution in [3.05, 3.63) is 71.8 Å². The maximum atomic E-state index is 12.3. The predicted molar refractivity (Wildman–Crippen MR) is 95.9 cm³/mol. The van der Waals surface area contributed by atoms with Crippen LogP contribution >= 0.6 is 0 Å². The smallest absolute Gasteiger partial charge is 0.251 e. The topological polar surface area (TPSA) is 47.6 Å². The SMILES string of the molecule is C=CCc1cc(C(=O)NCCc2ccc(OC)cc2)ccc1OC. The van der Waals surface area contributed by atoms with Crippen LogP contribution < -0.4 is 14.8 Å². The number of hydrogen-bond donors (Lipinski definition) is 1. The first-order valence-corrected chi connectivity index (χ1v) is 7.87. The highest BCUT2D eigenvalue weighted by atomic mass is 16.5. The molecule has 0 saturated heterocycles. The van der Waals surface area contributed by atoms with E-state index in [1.807, 2.05) is 36.4 Å². The van der Waals surface area contributed by atoms with Gasteiger partial charge in [0.05, 0.1) is 14.2 Å². The molecule has 0 saturated carbocycles. The molecule has 2 rings (SSSR count). The lowest BCUT2D eigenvalue weighted by molar-refractivity contribution is 0.0954. The van der Waals surface area contributed by atoms with Gasteiger partial charge in [-0.1, -0.05) is 18.2 Å². The quantitative estimate of drug-likeness (QED) is 0.757. The summed E-state index contributed by atoms with van der Waals surface area (Å²) < 4.78 is 10.4. The van der Waals surface area contributed by atoms with E-state index >= 15 is 0 Å². The zero-order valence-electron chi connectivity index (χ0n) is 14.2. The van der Waals surface area contributed by atoms with Gasteiger partial charge in [-0.15, -0.1) is 6.58 Å². The fraction of sp³-hybridized carbons (Fsp3) is 0.250. The molecule has 0 bridgehead atoms. The van der Waals surface area contributed by atoms with Crippen LogP contribution in [0.3, 0.4) is 0 Å². The molecule has 2 aromatic carbocycles. The Bertz CT molecular complexity index is 693. The molecule has 0 aromatic heterocycles. The summed E-state index contributed by atoms with van der Waals surface area (Å²) in [6.07, 6.45) is 3.23. The number of carbonyl (C=O) groups is 1. The molecule has 0 radical (unpaired) electrons. The first kappa shape index (κ1) is 17.6. The maximum Gasteiger partial charge on any atom is 0.251 e. The zero-order valence-corrected chi connectivity index (χ0v) is 14.2. The van der Waals surface area contributed by atoms with Gasteiger partial charge in [0.15, 0.2) is 0 Å². The van der Waals surface area contributed by atoms with Crippen molar-refractivity contribution in [2.75, 3.05) is 20.8 Å². The van der Waals surface area contributed by atoms with Crippen molar-refractivity contribution in [1.82, 2.24) is 5.32 Å². The first-order chi connectivity index (χ1) is 11.7. The number of ether oxygens (including phenoxy) is 2. The monoisotopic (exact) mass is 325 g/mol. The highest BCUT2D eigenvalue weighted by Crippen LogP contribution is 2.20. The number of rotatable bonds is 8. The van der Waals surface area contributed by atoms with Gasteiger partial charge in [0, 0.05) is 12.1 Å².